The molecular weight excluding hydrogens is 248 g/mol. The zero-order valence-electron chi connectivity index (χ0n) is 13.7. The van der Waals surface area contributed by atoms with E-state index in [1.54, 1.807) is 7.11 Å². The predicted molar refractivity (Wildman–Crippen MR) is 85.8 cm³/mol. The van der Waals surface area contributed by atoms with Gasteiger partial charge in [-0.15, -0.1) is 0 Å². The van der Waals surface area contributed by atoms with Gasteiger partial charge in [0.1, 0.15) is 5.75 Å². The van der Waals surface area contributed by atoms with Crippen LogP contribution in [0.4, 0.5) is 5.69 Å². The Kier molecular flexibility index (Phi) is 4.28. The number of hydrogen-bond acceptors (Lipinski definition) is 3. The number of benzene rings is 1. The summed E-state index contributed by atoms with van der Waals surface area (Å²) in [4.78, 5) is 2.57. The van der Waals surface area contributed by atoms with Gasteiger partial charge in [-0.3, -0.25) is 0 Å². The quantitative estimate of drug-likeness (QED) is 0.917. The van der Waals surface area contributed by atoms with Crippen LogP contribution in [-0.2, 0) is 0 Å². The minimum atomic E-state index is 0.151. The molecule has 0 amide bonds. The third kappa shape index (κ3) is 3.09. The monoisotopic (exact) mass is 276 g/mol. The normalized spacial score (nSPS) is 22.1. The summed E-state index contributed by atoms with van der Waals surface area (Å²) in [7, 11) is 1.72. The summed E-state index contributed by atoms with van der Waals surface area (Å²) in [5, 5.41) is 3.67. The molecule has 0 radical (unpaired) electrons. The summed E-state index contributed by atoms with van der Waals surface area (Å²) >= 11 is 0. The second kappa shape index (κ2) is 5.65. The molecule has 112 valence electrons. The van der Waals surface area contributed by atoms with Crippen LogP contribution in [0.5, 0.6) is 5.75 Å². The van der Waals surface area contributed by atoms with E-state index in [1.807, 2.05) is 0 Å². The Morgan fingerprint density at radius 3 is 2.60 bits per heavy atom. The van der Waals surface area contributed by atoms with Crippen LogP contribution in [-0.4, -0.2) is 31.8 Å². The first-order valence-electron chi connectivity index (χ1n) is 7.50. The van der Waals surface area contributed by atoms with Gasteiger partial charge in [-0.2, -0.15) is 0 Å². The smallest absolute Gasteiger partial charge is 0.119 e. The van der Waals surface area contributed by atoms with Crippen LogP contribution in [0.2, 0.25) is 0 Å². The summed E-state index contributed by atoms with van der Waals surface area (Å²) in [6, 6.07) is 6.93. The van der Waals surface area contributed by atoms with Gasteiger partial charge in [-0.05, 0) is 50.5 Å². The summed E-state index contributed by atoms with van der Waals surface area (Å²) in [5.74, 6) is 1.56. The number of nitrogens with one attached hydrogen (secondary N) is 1. The number of anilines is 1. The molecule has 1 fully saturated rings. The maximum Gasteiger partial charge on any atom is 0.119 e. The maximum atomic E-state index is 5.32. The Morgan fingerprint density at radius 1 is 1.35 bits per heavy atom. The zero-order chi connectivity index (χ0) is 14.9. The van der Waals surface area contributed by atoms with Crippen LogP contribution in [0.15, 0.2) is 18.2 Å². The van der Waals surface area contributed by atoms with Crippen molar-refractivity contribution in [2.45, 2.75) is 46.2 Å². The molecule has 1 heterocycles. The molecule has 1 aromatic rings. The second-order valence-electron chi connectivity index (χ2n) is 6.86. The average Bonchev–Trinajstić information content (AvgIpc) is 2.36. The Morgan fingerprint density at radius 2 is 2.05 bits per heavy atom. The van der Waals surface area contributed by atoms with Gasteiger partial charge in [0, 0.05) is 30.4 Å². The van der Waals surface area contributed by atoms with E-state index in [0.717, 1.165) is 18.8 Å². The summed E-state index contributed by atoms with van der Waals surface area (Å²) in [6.45, 7) is 13.4. The van der Waals surface area contributed by atoms with Crippen LogP contribution < -0.4 is 15.0 Å². The molecular formula is C17H28N2O. The number of hydrogen-bond donors (Lipinski definition) is 1. The van der Waals surface area contributed by atoms with Gasteiger partial charge in [-0.25, -0.2) is 0 Å². The Balaban J connectivity index is 2.35. The van der Waals surface area contributed by atoms with Crippen molar-refractivity contribution in [2.75, 3.05) is 25.1 Å². The summed E-state index contributed by atoms with van der Waals surface area (Å²) in [5.41, 5.74) is 2.77. The first-order chi connectivity index (χ1) is 9.34. The number of nitrogens with zero attached hydrogens (tertiary/aromatic N) is 1. The van der Waals surface area contributed by atoms with Gasteiger partial charge in [-0.1, -0.05) is 13.8 Å². The van der Waals surface area contributed by atoms with E-state index in [4.69, 9.17) is 4.74 Å². The van der Waals surface area contributed by atoms with Crippen LogP contribution in [0, 0.1) is 12.8 Å². The number of ether oxygens (including phenoxy) is 1. The first-order valence-corrected chi connectivity index (χ1v) is 7.50. The third-order valence-corrected chi connectivity index (χ3v) is 4.24. The van der Waals surface area contributed by atoms with Crippen molar-refractivity contribution >= 4 is 5.69 Å². The van der Waals surface area contributed by atoms with Crippen LogP contribution in [0.3, 0.4) is 0 Å². The van der Waals surface area contributed by atoms with Crippen LogP contribution in [0.25, 0.3) is 0 Å². The molecule has 0 spiro atoms. The number of aryl methyl sites for hydroxylation is 1. The Bertz CT molecular complexity index is 468. The van der Waals surface area contributed by atoms with Gasteiger partial charge in [0.25, 0.3) is 0 Å². The van der Waals surface area contributed by atoms with Crippen molar-refractivity contribution in [1.82, 2.24) is 5.32 Å². The molecule has 3 nitrogen and oxygen atoms in total. The summed E-state index contributed by atoms with van der Waals surface area (Å²) < 4.78 is 5.32. The molecule has 1 saturated heterocycles. The molecule has 1 N–H and O–H groups in total. The molecule has 1 unspecified atom stereocenters. The predicted octanol–water partition coefficient (Wildman–Crippen LogP) is 3.22. The number of piperazine rings is 1. The minimum Gasteiger partial charge on any atom is -0.497 e. The van der Waals surface area contributed by atoms with Gasteiger partial charge in [0.05, 0.1) is 7.11 Å². The molecule has 3 heteroatoms. The van der Waals surface area contributed by atoms with Gasteiger partial charge in [0.2, 0.25) is 0 Å². The fourth-order valence-corrected chi connectivity index (χ4v) is 3.03. The van der Waals surface area contributed by atoms with Crippen molar-refractivity contribution in [3.05, 3.63) is 23.8 Å². The van der Waals surface area contributed by atoms with Crippen molar-refractivity contribution in [3.8, 4) is 5.75 Å². The fraction of sp³-hybridized carbons (Fsp3) is 0.647. The van der Waals surface area contributed by atoms with Crippen molar-refractivity contribution in [3.63, 3.8) is 0 Å². The molecule has 20 heavy (non-hydrogen) atoms. The third-order valence-electron chi connectivity index (χ3n) is 4.24. The van der Waals surface area contributed by atoms with Gasteiger partial charge >= 0.3 is 0 Å². The minimum absolute atomic E-state index is 0.151. The van der Waals surface area contributed by atoms with E-state index in [2.05, 4.69) is 63.0 Å². The molecule has 1 aromatic carbocycles. The average molecular weight is 276 g/mol. The summed E-state index contributed by atoms with van der Waals surface area (Å²) in [6.07, 6.45) is 0. The van der Waals surface area contributed by atoms with Gasteiger partial charge in [0.15, 0.2) is 0 Å². The Labute approximate surface area is 123 Å². The highest BCUT2D eigenvalue weighted by Gasteiger charge is 2.34. The lowest BCUT2D eigenvalue weighted by molar-refractivity contribution is 0.277. The maximum absolute atomic E-state index is 5.32. The molecule has 1 aliphatic heterocycles. The van der Waals surface area contributed by atoms with Crippen LogP contribution in [0.1, 0.15) is 33.3 Å². The van der Waals surface area contributed by atoms with Crippen LogP contribution >= 0.6 is 0 Å². The highest BCUT2D eigenvalue weighted by molar-refractivity contribution is 5.57. The van der Waals surface area contributed by atoms with Gasteiger partial charge < -0.3 is 15.0 Å². The SMILES string of the molecule is COc1ccc(N2CC(C)(C)NCC2C(C)C)c(C)c1. The molecule has 0 bridgehead atoms. The topological polar surface area (TPSA) is 24.5 Å². The first kappa shape index (κ1) is 15.2. The largest absolute Gasteiger partial charge is 0.497 e. The second-order valence-corrected chi connectivity index (χ2v) is 6.86. The van der Waals surface area contributed by atoms with E-state index in [1.165, 1.54) is 11.3 Å². The van der Waals surface area contributed by atoms with E-state index in [0.29, 0.717) is 12.0 Å². The lowest BCUT2D eigenvalue weighted by atomic mass is 9.92. The highest BCUT2D eigenvalue weighted by atomic mass is 16.5. The van der Waals surface area contributed by atoms with E-state index < -0.39 is 0 Å². The molecule has 0 saturated carbocycles. The molecule has 0 aliphatic carbocycles. The van der Waals surface area contributed by atoms with E-state index in [-0.39, 0.29) is 5.54 Å². The number of methoxy groups -OCH3 is 1. The zero-order valence-corrected chi connectivity index (χ0v) is 13.7. The van der Waals surface area contributed by atoms with Crippen molar-refractivity contribution in [1.29, 1.82) is 0 Å². The van der Waals surface area contributed by atoms with Crippen molar-refractivity contribution < 1.29 is 4.74 Å². The lowest BCUT2D eigenvalue weighted by Crippen LogP contribution is -2.63. The molecule has 1 aliphatic rings. The molecule has 1 atom stereocenters. The number of rotatable bonds is 3. The lowest BCUT2D eigenvalue weighted by Gasteiger charge is -2.48. The Hall–Kier alpha value is -1.22. The van der Waals surface area contributed by atoms with E-state index in [9.17, 15) is 0 Å². The molecule has 2 rings (SSSR count). The van der Waals surface area contributed by atoms with E-state index >= 15 is 0 Å². The molecule has 0 aromatic heterocycles. The standard InChI is InChI=1S/C17H28N2O/c1-12(2)16-10-18-17(4,5)11-19(16)15-8-7-14(20-6)9-13(15)3/h7-9,12,16,18H,10-11H2,1-6H3. The fourth-order valence-electron chi connectivity index (χ4n) is 3.03. The van der Waals surface area contributed by atoms with Crippen molar-refractivity contribution in [2.24, 2.45) is 5.92 Å². The highest BCUT2D eigenvalue weighted by Crippen LogP contribution is 2.31.